The summed E-state index contributed by atoms with van der Waals surface area (Å²) < 4.78 is 11.1. The molecule has 0 unspecified atom stereocenters. The van der Waals surface area contributed by atoms with E-state index in [1.54, 1.807) is 12.4 Å². The van der Waals surface area contributed by atoms with Gasteiger partial charge in [0, 0.05) is 0 Å². The molecule has 0 heterocycles. The lowest BCUT2D eigenvalue weighted by molar-refractivity contribution is 0.317. The average Bonchev–Trinajstić information content (AvgIpc) is 2.64. The van der Waals surface area contributed by atoms with Gasteiger partial charge in [0.2, 0.25) is 0 Å². The number of ether oxygens (including phenoxy) is 2. The number of benzene rings is 2. The molecule has 0 aliphatic rings. The van der Waals surface area contributed by atoms with Gasteiger partial charge in [-0.15, -0.1) is 0 Å². The molecule has 126 valence electrons. The molecule has 0 aliphatic heterocycles. The first-order valence-electron chi connectivity index (χ1n) is 8.34. The molecule has 0 bridgehead atoms. The molecule has 24 heavy (non-hydrogen) atoms. The van der Waals surface area contributed by atoms with Crippen molar-refractivity contribution in [2.24, 2.45) is 10.2 Å². The Labute approximate surface area is 143 Å². The van der Waals surface area contributed by atoms with Crippen molar-refractivity contribution >= 4 is 12.4 Å². The second kappa shape index (κ2) is 10.2. The first-order valence-corrected chi connectivity index (χ1v) is 8.34. The van der Waals surface area contributed by atoms with E-state index in [0.29, 0.717) is 0 Å². The third kappa shape index (κ3) is 6.24. The summed E-state index contributed by atoms with van der Waals surface area (Å²) in [7, 11) is 0. The summed E-state index contributed by atoms with van der Waals surface area (Å²) in [6.07, 6.45) is 5.45. The number of hydrogen-bond acceptors (Lipinski definition) is 4. The van der Waals surface area contributed by atoms with Gasteiger partial charge in [-0.3, -0.25) is 0 Å². The van der Waals surface area contributed by atoms with Crippen LogP contribution in [0.3, 0.4) is 0 Å². The first-order chi connectivity index (χ1) is 11.8. The normalized spacial score (nSPS) is 11.2. The smallest absolute Gasteiger partial charge is 0.119 e. The maximum absolute atomic E-state index is 5.54. The molecule has 0 fully saturated rings. The largest absolute Gasteiger partial charge is 0.494 e. The highest BCUT2D eigenvalue weighted by atomic mass is 16.5. The van der Waals surface area contributed by atoms with Crippen molar-refractivity contribution in [1.29, 1.82) is 0 Å². The third-order valence-corrected chi connectivity index (χ3v) is 3.19. The van der Waals surface area contributed by atoms with E-state index >= 15 is 0 Å². The van der Waals surface area contributed by atoms with Gasteiger partial charge < -0.3 is 9.47 Å². The summed E-state index contributed by atoms with van der Waals surface area (Å²) in [5, 5.41) is 8.15. The summed E-state index contributed by atoms with van der Waals surface area (Å²) in [5.41, 5.74) is 1.97. The molecule has 0 atom stereocenters. The van der Waals surface area contributed by atoms with Gasteiger partial charge in [-0.2, -0.15) is 10.2 Å². The van der Waals surface area contributed by atoms with Crippen LogP contribution in [0.4, 0.5) is 0 Å². The van der Waals surface area contributed by atoms with E-state index in [1.165, 1.54) is 0 Å². The predicted octanol–water partition coefficient (Wildman–Crippen LogP) is 4.72. The van der Waals surface area contributed by atoms with Gasteiger partial charge >= 0.3 is 0 Å². The number of nitrogens with zero attached hydrogens (tertiary/aromatic N) is 2. The summed E-state index contributed by atoms with van der Waals surface area (Å²) in [5.74, 6) is 1.76. The molecule has 0 aromatic heterocycles. The molecule has 0 spiro atoms. The van der Waals surface area contributed by atoms with Gasteiger partial charge in [-0.1, -0.05) is 13.8 Å². The van der Waals surface area contributed by atoms with Crippen molar-refractivity contribution in [3.63, 3.8) is 0 Å². The van der Waals surface area contributed by atoms with Crippen molar-refractivity contribution in [3.8, 4) is 11.5 Å². The molecular weight excluding hydrogens is 300 g/mol. The highest BCUT2D eigenvalue weighted by Gasteiger charge is 1.94. The minimum Gasteiger partial charge on any atom is -0.494 e. The van der Waals surface area contributed by atoms with Crippen LogP contribution >= 0.6 is 0 Å². The van der Waals surface area contributed by atoms with Gasteiger partial charge in [-0.25, -0.2) is 0 Å². The van der Waals surface area contributed by atoms with Crippen LogP contribution in [0.15, 0.2) is 58.7 Å². The van der Waals surface area contributed by atoms with Gasteiger partial charge in [0.15, 0.2) is 0 Å². The van der Waals surface area contributed by atoms with Gasteiger partial charge in [0.25, 0.3) is 0 Å². The van der Waals surface area contributed by atoms with Crippen LogP contribution in [0.5, 0.6) is 11.5 Å². The zero-order valence-corrected chi connectivity index (χ0v) is 14.3. The lowest BCUT2D eigenvalue weighted by Gasteiger charge is -2.03. The minimum atomic E-state index is 0.736. The summed E-state index contributed by atoms with van der Waals surface area (Å²) in [6, 6.07) is 15.6. The molecule has 0 amide bonds. The summed E-state index contributed by atoms with van der Waals surface area (Å²) in [6.45, 7) is 5.65. The van der Waals surface area contributed by atoms with Gasteiger partial charge in [0.05, 0.1) is 25.6 Å². The quantitative estimate of drug-likeness (QED) is 0.495. The van der Waals surface area contributed by atoms with Crippen molar-refractivity contribution < 1.29 is 9.47 Å². The molecule has 2 rings (SSSR count). The van der Waals surface area contributed by atoms with Crippen molar-refractivity contribution in [3.05, 3.63) is 59.7 Å². The van der Waals surface area contributed by atoms with E-state index in [2.05, 4.69) is 24.1 Å². The Kier molecular flexibility index (Phi) is 7.54. The molecule has 0 aliphatic carbocycles. The highest BCUT2D eigenvalue weighted by Crippen LogP contribution is 2.12. The minimum absolute atomic E-state index is 0.736. The van der Waals surface area contributed by atoms with E-state index < -0.39 is 0 Å². The molecule has 4 heteroatoms. The zero-order valence-electron chi connectivity index (χ0n) is 14.3. The monoisotopic (exact) mass is 324 g/mol. The Morgan fingerprint density at radius 1 is 0.667 bits per heavy atom. The maximum atomic E-state index is 5.54. The van der Waals surface area contributed by atoms with Crippen LogP contribution in [0, 0.1) is 0 Å². The fraction of sp³-hybridized carbons (Fsp3) is 0.300. The fourth-order valence-corrected chi connectivity index (χ4v) is 1.94. The van der Waals surface area contributed by atoms with E-state index in [4.69, 9.17) is 9.47 Å². The summed E-state index contributed by atoms with van der Waals surface area (Å²) in [4.78, 5) is 0. The molecule has 0 N–H and O–H groups in total. The zero-order chi connectivity index (χ0) is 17.0. The molecule has 0 saturated carbocycles. The van der Waals surface area contributed by atoms with E-state index in [1.807, 2.05) is 48.5 Å². The van der Waals surface area contributed by atoms with Crippen LogP contribution < -0.4 is 9.47 Å². The number of rotatable bonds is 9. The molecule has 0 radical (unpaired) electrons. The van der Waals surface area contributed by atoms with Crippen LogP contribution in [-0.4, -0.2) is 25.6 Å². The van der Waals surface area contributed by atoms with Gasteiger partial charge in [0.1, 0.15) is 11.5 Å². The topological polar surface area (TPSA) is 43.2 Å². The van der Waals surface area contributed by atoms with Crippen molar-refractivity contribution in [2.75, 3.05) is 13.2 Å². The Balaban J connectivity index is 1.85. The number of hydrogen-bond donors (Lipinski definition) is 0. The molecule has 0 saturated heterocycles. The average molecular weight is 324 g/mol. The SMILES string of the molecule is CCCOc1ccc(/C=N\N=C\c2ccc(OCCC)cc2)cc1. The molecule has 4 nitrogen and oxygen atoms in total. The van der Waals surface area contributed by atoms with Crippen molar-refractivity contribution in [1.82, 2.24) is 0 Å². The molecule has 2 aromatic carbocycles. The highest BCUT2D eigenvalue weighted by molar-refractivity contribution is 5.82. The first kappa shape index (κ1) is 17.7. The van der Waals surface area contributed by atoms with Crippen LogP contribution in [0.1, 0.15) is 37.8 Å². The van der Waals surface area contributed by atoms with E-state index in [0.717, 1.165) is 48.7 Å². The standard InChI is InChI=1S/C20H24N2O2/c1-3-13-23-19-9-5-17(6-10-19)15-21-22-16-18-7-11-20(12-8-18)24-14-4-2/h5-12,15-16H,3-4,13-14H2,1-2H3/b21-15-,22-16+. The maximum Gasteiger partial charge on any atom is 0.119 e. The van der Waals surface area contributed by atoms with Crippen molar-refractivity contribution in [2.45, 2.75) is 26.7 Å². The Hall–Kier alpha value is -2.62. The second-order valence-electron chi connectivity index (χ2n) is 5.32. The molecular formula is C20H24N2O2. The predicted molar refractivity (Wildman–Crippen MR) is 99.6 cm³/mol. The summed E-state index contributed by atoms with van der Waals surface area (Å²) >= 11 is 0. The molecule has 2 aromatic rings. The third-order valence-electron chi connectivity index (χ3n) is 3.19. The Bertz CT molecular complexity index is 587. The Morgan fingerprint density at radius 3 is 1.38 bits per heavy atom. The second-order valence-corrected chi connectivity index (χ2v) is 5.32. The van der Waals surface area contributed by atoms with Crippen LogP contribution in [0.2, 0.25) is 0 Å². The Morgan fingerprint density at radius 2 is 1.04 bits per heavy atom. The van der Waals surface area contributed by atoms with Crippen LogP contribution in [0.25, 0.3) is 0 Å². The van der Waals surface area contributed by atoms with E-state index in [-0.39, 0.29) is 0 Å². The fourth-order valence-electron chi connectivity index (χ4n) is 1.94. The lowest BCUT2D eigenvalue weighted by atomic mass is 10.2. The van der Waals surface area contributed by atoms with Gasteiger partial charge in [-0.05, 0) is 72.5 Å². The van der Waals surface area contributed by atoms with E-state index in [9.17, 15) is 0 Å². The van der Waals surface area contributed by atoms with Crippen LogP contribution in [-0.2, 0) is 0 Å². The lowest BCUT2D eigenvalue weighted by Crippen LogP contribution is -1.94.